The molecule has 0 saturated carbocycles. The molecular formula is C11H12N4O2. The molecule has 1 aromatic carbocycles. The second-order valence-corrected chi connectivity index (χ2v) is 3.58. The van der Waals surface area contributed by atoms with Crippen LogP contribution in [-0.4, -0.2) is 21.2 Å². The van der Waals surface area contributed by atoms with E-state index in [4.69, 9.17) is 5.73 Å². The predicted octanol–water partition coefficient (Wildman–Crippen LogP) is 1.32. The third kappa shape index (κ3) is 2.05. The number of hydrogen-bond donors (Lipinski definition) is 4. The van der Waals surface area contributed by atoms with Gasteiger partial charge in [-0.05, 0) is 6.07 Å². The van der Waals surface area contributed by atoms with E-state index in [-0.39, 0.29) is 11.7 Å². The number of carbonyl (C=O) groups is 1. The van der Waals surface area contributed by atoms with Gasteiger partial charge in [-0.25, -0.2) is 0 Å². The lowest BCUT2D eigenvalue weighted by Gasteiger charge is -2.10. The van der Waals surface area contributed by atoms with Crippen LogP contribution >= 0.6 is 0 Å². The summed E-state index contributed by atoms with van der Waals surface area (Å²) in [6, 6.07) is 4.90. The maximum Gasteiger partial charge on any atom is 0.221 e. The summed E-state index contributed by atoms with van der Waals surface area (Å²) < 4.78 is 0. The second kappa shape index (κ2) is 4.17. The first-order chi connectivity index (χ1) is 8.09. The summed E-state index contributed by atoms with van der Waals surface area (Å²) in [4.78, 5) is 11.1. The van der Waals surface area contributed by atoms with Crippen molar-refractivity contribution in [3.05, 3.63) is 24.4 Å². The molecule has 1 amide bonds. The molecule has 0 aliphatic carbocycles. The van der Waals surface area contributed by atoms with Crippen LogP contribution in [0.5, 0.6) is 5.75 Å². The largest absolute Gasteiger partial charge is 0.506 e. The number of nitrogens with two attached hydrogens (primary N) is 1. The van der Waals surface area contributed by atoms with Crippen LogP contribution in [0.3, 0.4) is 0 Å². The molecule has 0 spiro atoms. The van der Waals surface area contributed by atoms with Gasteiger partial charge in [0, 0.05) is 18.1 Å². The first kappa shape index (κ1) is 11.0. The Bertz CT molecular complexity index is 562. The molecular weight excluding hydrogens is 220 g/mol. The lowest BCUT2D eigenvalue weighted by Crippen LogP contribution is -2.07. The van der Waals surface area contributed by atoms with Crippen LogP contribution in [0.2, 0.25) is 0 Å². The summed E-state index contributed by atoms with van der Waals surface area (Å²) >= 11 is 0. The highest BCUT2D eigenvalue weighted by molar-refractivity contribution is 5.97. The molecule has 17 heavy (non-hydrogen) atoms. The van der Waals surface area contributed by atoms with Crippen molar-refractivity contribution in [2.24, 2.45) is 0 Å². The Balaban J connectivity index is 2.58. The zero-order valence-corrected chi connectivity index (χ0v) is 9.19. The van der Waals surface area contributed by atoms with Gasteiger partial charge in [0.2, 0.25) is 5.91 Å². The van der Waals surface area contributed by atoms with Crippen LogP contribution < -0.4 is 11.1 Å². The maximum absolute atomic E-state index is 11.1. The highest BCUT2D eigenvalue weighted by Gasteiger charge is 2.14. The topological polar surface area (TPSA) is 104 Å². The number of hydrogen-bond acceptors (Lipinski definition) is 4. The molecule has 0 aliphatic heterocycles. The minimum atomic E-state index is -0.269. The van der Waals surface area contributed by atoms with Crippen molar-refractivity contribution >= 4 is 17.4 Å². The molecule has 5 N–H and O–H groups in total. The minimum absolute atomic E-state index is 0.0155. The number of carbonyl (C=O) groups excluding carboxylic acids is 1. The fourth-order valence-corrected chi connectivity index (χ4v) is 1.58. The van der Waals surface area contributed by atoms with Crippen molar-refractivity contribution in [1.29, 1.82) is 0 Å². The highest BCUT2D eigenvalue weighted by atomic mass is 16.3. The van der Waals surface area contributed by atoms with Gasteiger partial charge in [-0.1, -0.05) is 12.1 Å². The number of benzene rings is 1. The number of para-hydroxylation sites is 1. The molecule has 0 bridgehead atoms. The lowest BCUT2D eigenvalue weighted by atomic mass is 10.1. The van der Waals surface area contributed by atoms with E-state index in [1.807, 2.05) is 0 Å². The van der Waals surface area contributed by atoms with Crippen LogP contribution in [-0.2, 0) is 4.79 Å². The molecule has 1 aromatic heterocycles. The van der Waals surface area contributed by atoms with Crippen LogP contribution in [0.15, 0.2) is 24.4 Å². The number of amides is 1. The molecule has 0 unspecified atom stereocenters. The first-order valence-electron chi connectivity index (χ1n) is 4.98. The van der Waals surface area contributed by atoms with Crippen molar-refractivity contribution in [1.82, 2.24) is 10.2 Å². The number of nitrogens with zero attached hydrogens (tertiary/aromatic N) is 1. The Kier molecular flexibility index (Phi) is 2.70. The zero-order chi connectivity index (χ0) is 12.4. The fourth-order valence-electron chi connectivity index (χ4n) is 1.58. The smallest absolute Gasteiger partial charge is 0.221 e. The van der Waals surface area contributed by atoms with Gasteiger partial charge < -0.3 is 16.2 Å². The van der Waals surface area contributed by atoms with Gasteiger partial charge in [-0.2, -0.15) is 5.10 Å². The number of aromatic nitrogens is 2. The number of phenolic OH excluding ortho intramolecular Hbond substituents is 1. The number of rotatable bonds is 2. The Hall–Kier alpha value is -2.50. The Morgan fingerprint density at radius 2 is 2.24 bits per heavy atom. The van der Waals surface area contributed by atoms with Gasteiger partial charge in [0.15, 0.2) is 0 Å². The Morgan fingerprint density at radius 1 is 1.47 bits per heavy atom. The molecule has 0 aliphatic rings. The van der Waals surface area contributed by atoms with E-state index in [9.17, 15) is 9.90 Å². The summed E-state index contributed by atoms with van der Waals surface area (Å²) in [5.74, 6) is 0.0929. The molecule has 2 rings (SSSR count). The number of nitrogens with one attached hydrogen (secondary N) is 2. The van der Waals surface area contributed by atoms with E-state index >= 15 is 0 Å². The van der Waals surface area contributed by atoms with Crippen molar-refractivity contribution in [3.8, 4) is 16.9 Å². The summed E-state index contributed by atoms with van der Waals surface area (Å²) in [5, 5.41) is 18.7. The standard InChI is InChI=1S/C11H12N4O2/c1-6(16)14-10-7(3-2-4-9(10)17)8-5-13-15-11(8)12/h2-5,17H,1H3,(H,14,16)(H3,12,13,15). The third-order valence-electron chi connectivity index (χ3n) is 2.30. The number of anilines is 2. The van der Waals surface area contributed by atoms with Gasteiger partial charge in [-0.15, -0.1) is 0 Å². The summed E-state index contributed by atoms with van der Waals surface area (Å²) in [6.45, 7) is 1.37. The van der Waals surface area contributed by atoms with E-state index in [0.717, 1.165) is 0 Å². The number of aromatic amines is 1. The van der Waals surface area contributed by atoms with E-state index in [1.54, 1.807) is 12.1 Å². The molecule has 0 atom stereocenters. The molecule has 0 radical (unpaired) electrons. The van der Waals surface area contributed by atoms with Crippen molar-refractivity contribution in [3.63, 3.8) is 0 Å². The quantitative estimate of drug-likeness (QED) is 0.586. The fraction of sp³-hybridized carbons (Fsp3) is 0.0909. The average Bonchev–Trinajstić information content (AvgIpc) is 2.67. The van der Waals surface area contributed by atoms with E-state index in [0.29, 0.717) is 22.6 Å². The summed E-state index contributed by atoms with van der Waals surface area (Å²) in [6.07, 6.45) is 1.54. The molecule has 0 fully saturated rings. The minimum Gasteiger partial charge on any atom is -0.506 e. The second-order valence-electron chi connectivity index (χ2n) is 3.58. The Morgan fingerprint density at radius 3 is 2.82 bits per heavy atom. The van der Waals surface area contributed by atoms with Gasteiger partial charge in [0.25, 0.3) is 0 Å². The number of phenols is 1. The summed E-state index contributed by atoms with van der Waals surface area (Å²) in [5.41, 5.74) is 7.28. The number of H-pyrrole nitrogens is 1. The SMILES string of the molecule is CC(=O)Nc1c(O)cccc1-c1cn[nH]c1N. The van der Waals surface area contributed by atoms with Crippen molar-refractivity contribution in [2.45, 2.75) is 6.92 Å². The first-order valence-corrected chi connectivity index (χ1v) is 4.98. The van der Waals surface area contributed by atoms with Crippen LogP contribution in [0.4, 0.5) is 11.5 Å². The van der Waals surface area contributed by atoms with Gasteiger partial charge in [0.05, 0.1) is 11.9 Å². The molecule has 1 heterocycles. The molecule has 6 nitrogen and oxygen atoms in total. The van der Waals surface area contributed by atoms with Gasteiger partial charge in [0.1, 0.15) is 11.6 Å². The van der Waals surface area contributed by atoms with Gasteiger partial charge >= 0.3 is 0 Å². The number of nitrogen functional groups attached to an aromatic ring is 1. The van der Waals surface area contributed by atoms with E-state index < -0.39 is 0 Å². The zero-order valence-electron chi connectivity index (χ0n) is 9.19. The third-order valence-corrected chi connectivity index (χ3v) is 2.30. The Labute approximate surface area is 97.5 Å². The maximum atomic E-state index is 11.1. The molecule has 6 heteroatoms. The number of aromatic hydroxyl groups is 1. The van der Waals surface area contributed by atoms with E-state index in [2.05, 4.69) is 15.5 Å². The normalized spacial score (nSPS) is 10.2. The van der Waals surface area contributed by atoms with Crippen LogP contribution in [0.1, 0.15) is 6.92 Å². The predicted molar refractivity (Wildman–Crippen MR) is 64.4 cm³/mol. The van der Waals surface area contributed by atoms with Crippen LogP contribution in [0, 0.1) is 0 Å². The lowest BCUT2D eigenvalue weighted by molar-refractivity contribution is -0.114. The molecule has 88 valence electrons. The van der Waals surface area contributed by atoms with Crippen molar-refractivity contribution < 1.29 is 9.90 Å². The average molecular weight is 232 g/mol. The van der Waals surface area contributed by atoms with Gasteiger partial charge in [-0.3, -0.25) is 9.89 Å². The molecule has 2 aromatic rings. The highest BCUT2D eigenvalue weighted by Crippen LogP contribution is 2.36. The molecule has 0 saturated heterocycles. The van der Waals surface area contributed by atoms with Crippen LogP contribution in [0.25, 0.3) is 11.1 Å². The van der Waals surface area contributed by atoms with E-state index in [1.165, 1.54) is 19.2 Å². The van der Waals surface area contributed by atoms with Crippen molar-refractivity contribution in [2.75, 3.05) is 11.1 Å². The summed E-state index contributed by atoms with van der Waals surface area (Å²) in [7, 11) is 0. The monoisotopic (exact) mass is 232 g/mol.